The van der Waals surface area contributed by atoms with Crippen LogP contribution in [0, 0.1) is 13.8 Å². The Morgan fingerprint density at radius 3 is 2.20 bits per heavy atom. The highest BCUT2D eigenvalue weighted by Gasteiger charge is 1.92. The normalized spacial score (nSPS) is 9.67. The molecule has 0 aromatic heterocycles. The molecule has 1 rings (SSSR count). The standard InChI is InChI=1S/C12H14O.C2H6/c1-9-4-6-12(8-10(9)2)7-5-11(3)13;1-2/h4-8H,1-3H3;1-2H3/b7-5+;. The van der Waals surface area contributed by atoms with Crippen molar-refractivity contribution in [2.24, 2.45) is 0 Å². The third-order valence-corrected chi connectivity index (χ3v) is 2.04. The largest absolute Gasteiger partial charge is 0.295 e. The maximum Gasteiger partial charge on any atom is 0.152 e. The monoisotopic (exact) mass is 204 g/mol. The number of allylic oxidation sites excluding steroid dienone is 1. The van der Waals surface area contributed by atoms with Crippen molar-refractivity contribution >= 4 is 11.9 Å². The minimum atomic E-state index is 0.0817. The first-order valence-electron chi connectivity index (χ1n) is 5.35. The Balaban J connectivity index is 0.000000921. The number of rotatable bonds is 2. The van der Waals surface area contributed by atoms with Crippen LogP contribution in [-0.4, -0.2) is 5.78 Å². The Bertz CT molecular complexity index is 348. The van der Waals surface area contributed by atoms with Crippen molar-refractivity contribution < 1.29 is 4.79 Å². The lowest BCUT2D eigenvalue weighted by molar-refractivity contribution is -0.112. The van der Waals surface area contributed by atoms with E-state index >= 15 is 0 Å². The summed E-state index contributed by atoms with van der Waals surface area (Å²) in [6.07, 6.45) is 3.43. The van der Waals surface area contributed by atoms with Gasteiger partial charge in [-0.1, -0.05) is 38.1 Å². The summed E-state index contributed by atoms with van der Waals surface area (Å²) in [5.41, 5.74) is 3.61. The third-order valence-electron chi connectivity index (χ3n) is 2.04. The lowest BCUT2D eigenvalue weighted by Crippen LogP contribution is -1.83. The van der Waals surface area contributed by atoms with Gasteiger partial charge in [-0.05, 0) is 43.5 Å². The van der Waals surface area contributed by atoms with Gasteiger partial charge in [0.15, 0.2) is 5.78 Å². The van der Waals surface area contributed by atoms with Gasteiger partial charge in [0.25, 0.3) is 0 Å². The fourth-order valence-corrected chi connectivity index (χ4v) is 1.08. The highest BCUT2D eigenvalue weighted by molar-refractivity contribution is 5.91. The Labute approximate surface area is 92.8 Å². The van der Waals surface area contributed by atoms with Gasteiger partial charge >= 0.3 is 0 Å². The minimum Gasteiger partial charge on any atom is -0.295 e. The van der Waals surface area contributed by atoms with Crippen LogP contribution < -0.4 is 0 Å². The first kappa shape index (κ1) is 13.6. The van der Waals surface area contributed by atoms with Gasteiger partial charge in [0.2, 0.25) is 0 Å². The molecule has 0 aliphatic heterocycles. The number of carbonyl (C=O) groups excluding carboxylic acids is 1. The summed E-state index contributed by atoms with van der Waals surface area (Å²) in [7, 11) is 0. The van der Waals surface area contributed by atoms with Crippen molar-refractivity contribution in [3.63, 3.8) is 0 Å². The molecule has 1 aromatic rings. The van der Waals surface area contributed by atoms with E-state index in [1.54, 1.807) is 13.0 Å². The predicted octanol–water partition coefficient (Wildman–Crippen LogP) is 3.93. The van der Waals surface area contributed by atoms with Gasteiger partial charge in [0, 0.05) is 0 Å². The molecule has 1 aromatic carbocycles. The first-order chi connectivity index (χ1) is 7.09. The van der Waals surface area contributed by atoms with E-state index in [2.05, 4.69) is 26.0 Å². The SMILES string of the molecule is CC.CC(=O)/C=C/c1ccc(C)c(C)c1. The summed E-state index contributed by atoms with van der Waals surface area (Å²) < 4.78 is 0. The molecule has 0 fully saturated rings. The van der Waals surface area contributed by atoms with Gasteiger partial charge in [-0.2, -0.15) is 0 Å². The van der Waals surface area contributed by atoms with Crippen LogP contribution in [0.25, 0.3) is 6.08 Å². The number of ketones is 1. The molecule has 0 N–H and O–H groups in total. The minimum absolute atomic E-state index is 0.0817. The van der Waals surface area contributed by atoms with Crippen molar-refractivity contribution in [3.05, 3.63) is 41.0 Å². The first-order valence-corrected chi connectivity index (χ1v) is 5.35. The highest BCUT2D eigenvalue weighted by atomic mass is 16.1. The van der Waals surface area contributed by atoms with Crippen LogP contribution in [0.4, 0.5) is 0 Å². The van der Waals surface area contributed by atoms with Gasteiger partial charge in [0.1, 0.15) is 0 Å². The van der Waals surface area contributed by atoms with Crippen LogP contribution in [-0.2, 0) is 4.79 Å². The lowest BCUT2D eigenvalue weighted by Gasteiger charge is -1.99. The summed E-state index contributed by atoms with van der Waals surface area (Å²) in [5.74, 6) is 0.0817. The molecule has 0 saturated heterocycles. The van der Waals surface area contributed by atoms with E-state index in [9.17, 15) is 4.79 Å². The van der Waals surface area contributed by atoms with E-state index < -0.39 is 0 Å². The van der Waals surface area contributed by atoms with Crippen LogP contribution in [0.3, 0.4) is 0 Å². The van der Waals surface area contributed by atoms with Crippen molar-refractivity contribution in [3.8, 4) is 0 Å². The average molecular weight is 204 g/mol. The number of carbonyl (C=O) groups is 1. The molecule has 0 radical (unpaired) electrons. The Hall–Kier alpha value is -1.37. The van der Waals surface area contributed by atoms with E-state index in [0.29, 0.717) is 0 Å². The molecule has 0 saturated carbocycles. The molecule has 1 nitrogen and oxygen atoms in total. The predicted molar refractivity (Wildman–Crippen MR) is 67.0 cm³/mol. The van der Waals surface area contributed by atoms with Gasteiger partial charge in [-0.15, -0.1) is 0 Å². The van der Waals surface area contributed by atoms with Crippen molar-refractivity contribution in [1.82, 2.24) is 0 Å². The van der Waals surface area contributed by atoms with E-state index in [-0.39, 0.29) is 5.78 Å². The van der Waals surface area contributed by atoms with E-state index in [1.807, 2.05) is 26.0 Å². The zero-order valence-electron chi connectivity index (χ0n) is 10.3. The fourth-order valence-electron chi connectivity index (χ4n) is 1.08. The zero-order valence-corrected chi connectivity index (χ0v) is 10.3. The second kappa shape index (κ2) is 6.99. The van der Waals surface area contributed by atoms with E-state index in [1.165, 1.54) is 11.1 Å². The lowest BCUT2D eigenvalue weighted by atomic mass is 10.1. The van der Waals surface area contributed by atoms with Gasteiger partial charge < -0.3 is 0 Å². The molecule has 0 aliphatic rings. The average Bonchev–Trinajstić information content (AvgIpc) is 2.23. The van der Waals surface area contributed by atoms with E-state index in [0.717, 1.165) is 5.56 Å². The molecule has 82 valence electrons. The quantitative estimate of drug-likeness (QED) is 0.667. The van der Waals surface area contributed by atoms with Crippen LogP contribution >= 0.6 is 0 Å². The van der Waals surface area contributed by atoms with Gasteiger partial charge in [-0.3, -0.25) is 4.79 Å². The molecule has 0 bridgehead atoms. The molecule has 0 spiro atoms. The molecular weight excluding hydrogens is 184 g/mol. The highest BCUT2D eigenvalue weighted by Crippen LogP contribution is 2.10. The maximum atomic E-state index is 10.7. The van der Waals surface area contributed by atoms with Crippen molar-refractivity contribution in [2.45, 2.75) is 34.6 Å². The van der Waals surface area contributed by atoms with Crippen LogP contribution in [0.5, 0.6) is 0 Å². The smallest absolute Gasteiger partial charge is 0.152 e. The number of hydrogen-bond acceptors (Lipinski definition) is 1. The summed E-state index contributed by atoms with van der Waals surface area (Å²) in [5, 5.41) is 0. The van der Waals surface area contributed by atoms with Crippen LogP contribution in [0.2, 0.25) is 0 Å². The molecule has 0 heterocycles. The molecule has 15 heavy (non-hydrogen) atoms. The summed E-state index contributed by atoms with van der Waals surface area (Å²) >= 11 is 0. The zero-order chi connectivity index (χ0) is 11.8. The molecule has 1 heteroatoms. The number of benzene rings is 1. The Morgan fingerprint density at radius 2 is 1.73 bits per heavy atom. The second-order valence-corrected chi connectivity index (χ2v) is 3.29. The summed E-state index contributed by atoms with van der Waals surface area (Å²) in [6.45, 7) is 9.70. The maximum absolute atomic E-state index is 10.7. The number of aryl methyl sites for hydroxylation is 2. The van der Waals surface area contributed by atoms with Crippen molar-refractivity contribution in [1.29, 1.82) is 0 Å². The van der Waals surface area contributed by atoms with E-state index in [4.69, 9.17) is 0 Å². The molecular formula is C14H20O. The molecule has 0 unspecified atom stereocenters. The summed E-state index contributed by atoms with van der Waals surface area (Å²) in [6, 6.07) is 6.16. The van der Waals surface area contributed by atoms with Gasteiger partial charge in [-0.25, -0.2) is 0 Å². The topological polar surface area (TPSA) is 17.1 Å². The molecule has 0 aliphatic carbocycles. The van der Waals surface area contributed by atoms with Crippen molar-refractivity contribution in [2.75, 3.05) is 0 Å². The summed E-state index contributed by atoms with van der Waals surface area (Å²) in [4.78, 5) is 10.7. The van der Waals surface area contributed by atoms with Crippen LogP contribution in [0.15, 0.2) is 24.3 Å². The Morgan fingerprint density at radius 1 is 1.13 bits per heavy atom. The van der Waals surface area contributed by atoms with Crippen LogP contribution in [0.1, 0.15) is 37.5 Å². The molecule has 0 atom stereocenters. The van der Waals surface area contributed by atoms with Gasteiger partial charge in [0.05, 0.1) is 0 Å². The molecule has 0 amide bonds. The fraction of sp³-hybridized carbons (Fsp3) is 0.357. The third kappa shape index (κ3) is 5.16. The Kier molecular flexibility index (Phi) is 6.35. The second-order valence-electron chi connectivity index (χ2n) is 3.29. The number of hydrogen-bond donors (Lipinski definition) is 0.